The maximum absolute atomic E-state index is 12.9. The number of phosphoric ester groups is 1. The van der Waals surface area contributed by atoms with Crippen molar-refractivity contribution in [1.29, 1.82) is 0 Å². The SMILES string of the molecule is CCCC/C=C/CC/C=C/CC/C=C/C(O)C(COP(=O)(O)OCC[N+](C)(C)C)NC(=O)CCCCCCCCCCCCCCCCCCCCC/C=C\C/C=C\CCCCCCC. The molecule has 0 aliphatic heterocycles. The molecular weight excluding hydrogens is 828 g/mol. The number of likely N-dealkylation sites (N-methyl/N-ethyl adjacent to an activating group) is 1. The average Bonchev–Trinajstić information content (AvgIpc) is 3.26. The summed E-state index contributed by atoms with van der Waals surface area (Å²) in [4.78, 5) is 23.2. The van der Waals surface area contributed by atoms with E-state index >= 15 is 0 Å². The second kappa shape index (κ2) is 47.3. The van der Waals surface area contributed by atoms with Gasteiger partial charge < -0.3 is 19.8 Å². The first-order valence-corrected chi connectivity index (χ1v) is 28.7. The number of phosphoric acid groups is 1. The molecule has 0 fully saturated rings. The van der Waals surface area contributed by atoms with Gasteiger partial charge >= 0.3 is 7.82 Å². The smallest absolute Gasteiger partial charge is 0.387 e. The molecule has 8 nitrogen and oxygen atoms in total. The van der Waals surface area contributed by atoms with Gasteiger partial charge in [-0.3, -0.25) is 13.8 Å². The van der Waals surface area contributed by atoms with Gasteiger partial charge in [0.15, 0.2) is 0 Å². The second-order valence-electron chi connectivity index (χ2n) is 19.6. The van der Waals surface area contributed by atoms with Crippen LogP contribution < -0.4 is 5.32 Å². The summed E-state index contributed by atoms with van der Waals surface area (Å²) in [5.41, 5.74) is 0. The zero-order valence-corrected chi connectivity index (χ0v) is 44.1. The van der Waals surface area contributed by atoms with Crippen molar-refractivity contribution in [1.82, 2.24) is 5.32 Å². The van der Waals surface area contributed by atoms with Gasteiger partial charge in [0.05, 0.1) is 39.9 Å². The summed E-state index contributed by atoms with van der Waals surface area (Å²) >= 11 is 0. The number of quaternary nitrogens is 1. The quantitative estimate of drug-likeness (QED) is 0.0243. The van der Waals surface area contributed by atoms with Crippen LogP contribution in [0.2, 0.25) is 0 Å². The van der Waals surface area contributed by atoms with Crippen LogP contribution in [0.25, 0.3) is 0 Å². The van der Waals surface area contributed by atoms with Crippen LogP contribution in [0.15, 0.2) is 60.8 Å². The van der Waals surface area contributed by atoms with Gasteiger partial charge in [0, 0.05) is 6.42 Å². The minimum absolute atomic E-state index is 0.0527. The highest BCUT2D eigenvalue weighted by Crippen LogP contribution is 2.43. The maximum Gasteiger partial charge on any atom is 0.472 e. The monoisotopic (exact) mass is 934 g/mol. The molecule has 0 aromatic carbocycles. The molecule has 0 saturated carbocycles. The molecule has 0 rings (SSSR count). The largest absolute Gasteiger partial charge is 0.472 e. The van der Waals surface area contributed by atoms with Crippen LogP contribution in [-0.2, 0) is 18.4 Å². The molecule has 3 atom stereocenters. The van der Waals surface area contributed by atoms with Gasteiger partial charge in [0.25, 0.3) is 0 Å². The van der Waals surface area contributed by atoms with E-state index in [4.69, 9.17) is 9.05 Å². The zero-order chi connectivity index (χ0) is 47.8. The Morgan fingerprint density at radius 2 is 0.908 bits per heavy atom. The third-order valence-corrected chi connectivity index (χ3v) is 12.9. The van der Waals surface area contributed by atoms with Gasteiger partial charge in [-0.1, -0.05) is 222 Å². The predicted octanol–water partition coefficient (Wildman–Crippen LogP) is 16.1. The topological polar surface area (TPSA) is 105 Å². The van der Waals surface area contributed by atoms with E-state index in [1.165, 1.54) is 161 Å². The first kappa shape index (κ1) is 63.2. The first-order valence-electron chi connectivity index (χ1n) is 27.2. The molecule has 0 saturated heterocycles. The van der Waals surface area contributed by atoms with Gasteiger partial charge in [-0.2, -0.15) is 0 Å². The fraction of sp³-hybridized carbons (Fsp3) is 0.804. The summed E-state index contributed by atoms with van der Waals surface area (Å²) < 4.78 is 23.6. The molecule has 0 aliphatic carbocycles. The van der Waals surface area contributed by atoms with Gasteiger partial charge in [0.1, 0.15) is 13.2 Å². The fourth-order valence-corrected chi connectivity index (χ4v) is 8.36. The first-order chi connectivity index (χ1) is 31.5. The van der Waals surface area contributed by atoms with Gasteiger partial charge in [-0.05, 0) is 70.6 Å². The van der Waals surface area contributed by atoms with Crippen LogP contribution >= 0.6 is 7.82 Å². The number of hydrogen-bond donors (Lipinski definition) is 3. The van der Waals surface area contributed by atoms with Crippen molar-refractivity contribution >= 4 is 13.7 Å². The highest BCUT2D eigenvalue weighted by atomic mass is 31.2. The minimum atomic E-state index is -4.35. The highest BCUT2D eigenvalue weighted by molar-refractivity contribution is 7.47. The third-order valence-electron chi connectivity index (χ3n) is 11.9. The molecule has 0 aromatic rings. The van der Waals surface area contributed by atoms with Crippen molar-refractivity contribution in [3.05, 3.63) is 60.8 Å². The second-order valence-corrected chi connectivity index (χ2v) is 21.0. The molecule has 65 heavy (non-hydrogen) atoms. The Balaban J connectivity index is 4.06. The van der Waals surface area contributed by atoms with Gasteiger partial charge in [-0.25, -0.2) is 4.57 Å². The van der Waals surface area contributed by atoms with Gasteiger partial charge in [0.2, 0.25) is 5.91 Å². The Bertz CT molecular complexity index is 1240. The lowest BCUT2D eigenvalue weighted by Gasteiger charge is -2.25. The Morgan fingerprint density at radius 1 is 0.523 bits per heavy atom. The number of aliphatic hydroxyl groups is 1. The zero-order valence-electron chi connectivity index (χ0n) is 43.2. The summed E-state index contributed by atoms with van der Waals surface area (Å²) in [5.74, 6) is -0.191. The molecule has 0 heterocycles. The molecule has 1 amide bonds. The molecular formula is C56H106N2O6P+. The van der Waals surface area contributed by atoms with Crippen LogP contribution in [0.4, 0.5) is 0 Å². The van der Waals surface area contributed by atoms with Crippen LogP contribution in [0.3, 0.4) is 0 Å². The molecule has 0 bridgehead atoms. The molecule has 0 aromatic heterocycles. The Kier molecular flexibility index (Phi) is 46.0. The summed E-state index contributed by atoms with van der Waals surface area (Å²) in [6, 6.07) is -0.869. The number of rotatable bonds is 49. The standard InChI is InChI=1S/C56H105N2O6P/c1-6-8-10-12-14-16-18-20-21-22-23-24-25-26-27-28-29-30-31-32-33-34-35-36-37-38-40-42-44-46-48-50-56(60)57-54(53-64-65(61,62)63-52-51-58(3,4)5)55(59)49-47-45-43-41-39-19-17-15-13-11-9-7-2/h13,15,18,20,22-23,39,41,47,49,54-55,59H,6-12,14,16-17,19,21,24-38,40,42-46,48,50-53H2,1-5H3,(H-,57,60,61,62)/p+1/b15-13+,20-18-,23-22-,41-39+,49-47+. The molecule has 0 aliphatic rings. The summed E-state index contributed by atoms with van der Waals surface area (Å²) in [6.45, 7) is 4.73. The average molecular weight is 934 g/mol. The van der Waals surface area contributed by atoms with Crippen molar-refractivity contribution in [2.45, 2.75) is 251 Å². The Morgan fingerprint density at radius 3 is 1.37 bits per heavy atom. The highest BCUT2D eigenvalue weighted by Gasteiger charge is 2.27. The Labute approximate surface area is 402 Å². The van der Waals surface area contributed by atoms with E-state index < -0.39 is 20.0 Å². The number of carbonyl (C=O) groups is 1. The van der Waals surface area contributed by atoms with E-state index in [-0.39, 0.29) is 19.1 Å². The molecule has 0 radical (unpaired) electrons. The van der Waals surface area contributed by atoms with Crippen LogP contribution in [0.5, 0.6) is 0 Å². The predicted molar refractivity (Wildman–Crippen MR) is 281 cm³/mol. The summed E-state index contributed by atoms with van der Waals surface area (Å²) in [6.07, 6.45) is 63.3. The number of unbranched alkanes of at least 4 members (excludes halogenated alkanes) is 28. The lowest BCUT2D eigenvalue weighted by Crippen LogP contribution is -2.45. The van der Waals surface area contributed by atoms with Crippen molar-refractivity contribution in [3.8, 4) is 0 Å². The molecule has 3 N–H and O–H groups in total. The summed E-state index contributed by atoms with van der Waals surface area (Å²) in [7, 11) is 1.55. The number of hydrogen-bond acceptors (Lipinski definition) is 5. The number of nitrogens with one attached hydrogen (secondary N) is 1. The lowest BCUT2D eigenvalue weighted by molar-refractivity contribution is -0.870. The van der Waals surface area contributed by atoms with E-state index in [0.29, 0.717) is 17.4 Å². The number of aliphatic hydroxyl groups excluding tert-OH is 1. The van der Waals surface area contributed by atoms with Gasteiger partial charge in [-0.15, -0.1) is 0 Å². The van der Waals surface area contributed by atoms with Crippen LogP contribution in [0, 0.1) is 0 Å². The van der Waals surface area contributed by atoms with E-state index in [9.17, 15) is 19.4 Å². The number of amides is 1. The molecule has 3 unspecified atom stereocenters. The van der Waals surface area contributed by atoms with Crippen molar-refractivity contribution < 1.29 is 32.9 Å². The number of nitrogens with zero attached hydrogens (tertiary/aromatic N) is 1. The van der Waals surface area contributed by atoms with E-state index in [2.05, 4.69) is 67.8 Å². The molecule has 0 spiro atoms. The Hall–Kier alpha value is -1.80. The van der Waals surface area contributed by atoms with Crippen molar-refractivity contribution in [3.63, 3.8) is 0 Å². The van der Waals surface area contributed by atoms with E-state index in [1.54, 1.807) is 6.08 Å². The fourth-order valence-electron chi connectivity index (χ4n) is 7.62. The number of carbonyl (C=O) groups excluding carboxylic acids is 1. The van der Waals surface area contributed by atoms with E-state index in [1.807, 2.05) is 27.2 Å². The van der Waals surface area contributed by atoms with Crippen molar-refractivity contribution in [2.75, 3.05) is 40.9 Å². The van der Waals surface area contributed by atoms with Crippen molar-refractivity contribution in [2.24, 2.45) is 0 Å². The third kappa shape index (κ3) is 49.9. The maximum atomic E-state index is 12.9. The molecule has 380 valence electrons. The van der Waals surface area contributed by atoms with Crippen LogP contribution in [0.1, 0.15) is 239 Å². The van der Waals surface area contributed by atoms with E-state index in [0.717, 1.165) is 57.8 Å². The lowest BCUT2D eigenvalue weighted by atomic mass is 10.0. The van der Waals surface area contributed by atoms with Crippen LogP contribution in [-0.4, -0.2) is 73.4 Å². The minimum Gasteiger partial charge on any atom is -0.387 e. The molecule has 9 heteroatoms. The number of allylic oxidation sites excluding steroid dienone is 9. The summed E-state index contributed by atoms with van der Waals surface area (Å²) in [5, 5.41) is 13.8. The normalized spacial score (nSPS) is 14.5.